The number of benzene rings is 22. The first-order valence-corrected chi connectivity index (χ1v) is 46.4. The molecule has 30 aromatic rings. The summed E-state index contributed by atoms with van der Waals surface area (Å²) in [5.74, 6) is 1.37. The number of hydrogen-bond acceptors (Lipinski definition) is 6. The number of thiophene rings is 1. The molecule has 134 heavy (non-hydrogen) atoms. The molecule has 9 nitrogen and oxygen atoms in total. The standard InChI is InChI=1S/C62H36N4O.C62H36N4S/c2*1-2-16-39-35-56-51(34-38(39)15-1)44-32-31-40(65-54-27-9-6-20-49(54)59-41-17-4-3-14-37(41)30-33-55(59)65)36-57(44)66(56)53-28-13-21-42-43(53)22-11-23-46(42)60-48-19-5-8-26-52(48)63-62(64-60)50-25-12-24-47-45-18-7-10-29-58(45)67-61(47)50/h2*1-36H. The van der Waals surface area contributed by atoms with Crippen LogP contribution in [0.4, 0.5) is 0 Å². The van der Waals surface area contributed by atoms with Crippen molar-refractivity contribution >= 4 is 227 Å². The van der Waals surface area contributed by atoms with Gasteiger partial charge in [-0.2, -0.15) is 0 Å². The Morgan fingerprint density at radius 1 is 0.201 bits per heavy atom. The van der Waals surface area contributed by atoms with Crippen molar-refractivity contribution < 1.29 is 4.42 Å². The average Bonchev–Trinajstić information content (AvgIpc) is 1.54. The van der Waals surface area contributed by atoms with Gasteiger partial charge in [0.15, 0.2) is 11.6 Å². The Bertz CT molecular complexity index is 9770. The van der Waals surface area contributed by atoms with Gasteiger partial charge in [0, 0.05) is 124 Å². The van der Waals surface area contributed by atoms with Crippen LogP contribution in [0.25, 0.3) is 284 Å². The Hall–Kier alpha value is -17.7. The molecule has 0 aliphatic carbocycles. The Labute approximate surface area is 769 Å². The lowest BCUT2D eigenvalue weighted by atomic mass is 9.97. The van der Waals surface area contributed by atoms with E-state index in [-0.39, 0.29) is 0 Å². The molecule has 0 amide bonds. The van der Waals surface area contributed by atoms with Gasteiger partial charge in [-0.3, -0.25) is 0 Å². The Kier molecular flexibility index (Phi) is 16.0. The fourth-order valence-electron chi connectivity index (χ4n) is 22.3. The van der Waals surface area contributed by atoms with Gasteiger partial charge < -0.3 is 22.7 Å². The van der Waals surface area contributed by atoms with Gasteiger partial charge in [-0.15, -0.1) is 11.3 Å². The van der Waals surface area contributed by atoms with E-state index < -0.39 is 0 Å². The second-order valence-electron chi connectivity index (χ2n) is 35.3. The first-order chi connectivity index (χ1) is 66.5. The molecule has 0 aliphatic rings. The molecule has 0 saturated carbocycles. The maximum absolute atomic E-state index is 6.53. The predicted octanol–water partition coefficient (Wildman–Crippen LogP) is 33.5. The number of hydrogen-bond donors (Lipinski definition) is 0. The molecule has 0 fully saturated rings. The van der Waals surface area contributed by atoms with Gasteiger partial charge in [0.1, 0.15) is 11.2 Å². The maximum atomic E-state index is 6.53. The van der Waals surface area contributed by atoms with Crippen LogP contribution >= 0.6 is 11.3 Å². The predicted molar refractivity (Wildman–Crippen MR) is 563 cm³/mol. The number of nitrogens with zero attached hydrogens (tertiary/aromatic N) is 8. The lowest BCUT2D eigenvalue weighted by Crippen LogP contribution is -1.99. The van der Waals surface area contributed by atoms with E-state index >= 15 is 0 Å². The van der Waals surface area contributed by atoms with Gasteiger partial charge in [-0.05, 0) is 175 Å². The van der Waals surface area contributed by atoms with E-state index in [1.807, 2.05) is 29.5 Å². The second kappa shape index (κ2) is 28.9. The molecule has 0 radical (unpaired) electrons. The highest BCUT2D eigenvalue weighted by Crippen LogP contribution is 2.49. The number of aromatic nitrogens is 8. The van der Waals surface area contributed by atoms with Crippen LogP contribution in [0.2, 0.25) is 0 Å². The zero-order chi connectivity index (χ0) is 87.5. The molecule has 0 bridgehead atoms. The zero-order valence-corrected chi connectivity index (χ0v) is 72.8. The minimum absolute atomic E-state index is 0.631. The van der Waals surface area contributed by atoms with Crippen LogP contribution in [0.3, 0.4) is 0 Å². The lowest BCUT2D eigenvalue weighted by Gasteiger charge is -2.16. The molecule has 8 heterocycles. The number of para-hydroxylation sites is 6. The highest BCUT2D eigenvalue weighted by Gasteiger charge is 2.27. The van der Waals surface area contributed by atoms with E-state index in [9.17, 15) is 0 Å². The second-order valence-corrected chi connectivity index (χ2v) is 36.4. The number of fused-ring (bicyclic) bond motifs is 28. The normalized spacial score (nSPS) is 12.2. The fourth-order valence-corrected chi connectivity index (χ4v) is 23.5. The summed E-state index contributed by atoms with van der Waals surface area (Å²) in [4.78, 5) is 21.4. The molecule has 0 spiro atoms. The van der Waals surface area contributed by atoms with Gasteiger partial charge in [0.05, 0.1) is 83.5 Å². The summed E-state index contributed by atoms with van der Waals surface area (Å²) in [7, 11) is 0. The monoisotopic (exact) mass is 1720 g/mol. The van der Waals surface area contributed by atoms with Crippen LogP contribution in [0.1, 0.15) is 0 Å². The van der Waals surface area contributed by atoms with Crippen LogP contribution in [-0.2, 0) is 0 Å². The van der Waals surface area contributed by atoms with Crippen molar-refractivity contribution in [3.8, 4) is 68.0 Å². The third-order valence-corrected chi connectivity index (χ3v) is 29.4. The van der Waals surface area contributed by atoms with Crippen molar-refractivity contribution in [3.63, 3.8) is 0 Å². The first kappa shape index (κ1) is 74.3. The van der Waals surface area contributed by atoms with E-state index in [1.54, 1.807) is 0 Å². The van der Waals surface area contributed by atoms with Crippen LogP contribution in [-0.4, -0.2) is 38.2 Å². The molecule has 0 atom stereocenters. The van der Waals surface area contributed by atoms with E-state index in [1.165, 1.54) is 134 Å². The van der Waals surface area contributed by atoms with Crippen molar-refractivity contribution in [3.05, 3.63) is 437 Å². The van der Waals surface area contributed by atoms with E-state index in [4.69, 9.17) is 24.4 Å². The van der Waals surface area contributed by atoms with Crippen molar-refractivity contribution in [2.45, 2.75) is 0 Å². The molecule has 8 aromatic heterocycles. The quantitative estimate of drug-likeness (QED) is 0.151. The van der Waals surface area contributed by atoms with Gasteiger partial charge in [0.2, 0.25) is 0 Å². The van der Waals surface area contributed by atoms with Crippen LogP contribution in [0.5, 0.6) is 0 Å². The van der Waals surface area contributed by atoms with Gasteiger partial charge in [-0.1, -0.05) is 315 Å². The fraction of sp³-hybridized carbons (Fsp3) is 0. The Morgan fingerprint density at radius 2 is 0.590 bits per heavy atom. The summed E-state index contributed by atoms with van der Waals surface area (Å²) in [6, 6.07) is 158. The summed E-state index contributed by atoms with van der Waals surface area (Å²) >= 11 is 1.81. The molecule has 10 heteroatoms. The van der Waals surface area contributed by atoms with Crippen molar-refractivity contribution in [1.82, 2.24) is 38.2 Å². The van der Waals surface area contributed by atoms with Crippen molar-refractivity contribution in [2.75, 3.05) is 0 Å². The molecular formula is C124H72N8OS. The smallest absolute Gasteiger partial charge is 0.164 e. The van der Waals surface area contributed by atoms with Crippen molar-refractivity contribution in [2.24, 2.45) is 0 Å². The Morgan fingerprint density at radius 3 is 1.13 bits per heavy atom. The SMILES string of the molecule is c1ccc2cc3c(cc2c1)c1ccc(-n2c4ccccc4c4c5ccccc5ccc42)cc1n3-c1cccc2c(-c3nc(-c4cccc5c4oc4ccccc45)nc4ccccc34)cccc12.c1ccc2cc3c(cc2c1)c1ccc(-n2c4ccccc4c4c5ccccc5ccc42)cc1n3-c1cccc2c(-c3nc(-c4cccc5c4sc4ccccc45)nc4ccccc34)cccc12. The van der Waals surface area contributed by atoms with Crippen LogP contribution < -0.4 is 0 Å². The van der Waals surface area contributed by atoms with Crippen LogP contribution in [0, 0.1) is 0 Å². The molecule has 620 valence electrons. The number of rotatable bonds is 8. The van der Waals surface area contributed by atoms with Gasteiger partial charge in [0.25, 0.3) is 0 Å². The van der Waals surface area contributed by atoms with E-state index in [0.29, 0.717) is 5.82 Å². The molecule has 0 saturated heterocycles. The Balaban J connectivity index is 0.000000131. The third-order valence-electron chi connectivity index (χ3n) is 28.2. The largest absolute Gasteiger partial charge is 0.455 e. The minimum Gasteiger partial charge on any atom is -0.455 e. The summed E-state index contributed by atoms with van der Waals surface area (Å²) in [5.41, 5.74) is 23.1. The average molecular weight is 1720 g/mol. The van der Waals surface area contributed by atoms with E-state index in [2.05, 4.69) is 437 Å². The molecule has 22 aromatic carbocycles. The van der Waals surface area contributed by atoms with Gasteiger partial charge in [-0.25, -0.2) is 19.9 Å². The maximum Gasteiger partial charge on any atom is 0.164 e. The zero-order valence-electron chi connectivity index (χ0n) is 72.0. The van der Waals surface area contributed by atoms with Gasteiger partial charge >= 0.3 is 0 Å². The van der Waals surface area contributed by atoms with Crippen LogP contribution in [0.15, 0.2) is 441 Å². The van der Waals surface area contributed by atoms with Crippen molar-refractivity contribution in [1.29, 1.82) is 0 Å². The third kappa shape index (κ3) is 11.1. The summed E-state index contributed by atoms with van der Waals surface area (Å²) in [5, 5.41) is 31.0. The van der Waals surface area contributed by atoms with E-state index in [0.717, 1.165) is 144 Å². The summed E-state index contributed by atoms with van der Waals surface area (Å²) in [6.45, 7) is 0. The topological polar surface area (TPSA) is 84.4 Å². The number of furan rings is 1. The summed E-state index contributed by atoms with van der Waals surface area (Å²) in [6.07, 6.45) is 0. The summed E-state index contributed by atoms with van der Waals surface area (Å²) < 4.78 is 18.9. The first-order valence-electron chi connectivity index (χ1n) is 45.6. The minimum atomic E-state index is 0.631. The molecule has 0 unspecified atom stereocenters. The molecule has 0 N–H and O–H groups in total. The highest BCUT2D eigenvalue weighted by atomic mass is 32.1. The highest BCUT2D eigenvalue weighted by molar-refractivity contribution is 7.26. The molecule has 0 aliphatic heterocycles. The lowest BCUT2D eigenvalue weighted by molar-refractivity contribution is 0.669. The molecule has 30 rings (SSSR count). The molecular weight excluding hydrogens is 1650 g/mol.